The van der Waals surface area contributed by atoms with Crippen molar-refractivity contribution >= 4 is 16.7 Å². The van der Waals surface area contributed by atoms with Crippen LogP contribution in [-0.4, -0.2) is 76.5 Å². The molecule has 1 amide bonds. The fraction of sp³-hybridized carbons (Fsp3) is 0.500. The molecule has 3 heterocycles. The highest BCUT2D eigenvalue weighted by atomic mass is 16.5. The molecule has 6 heteroatoms. The predicted molar refractivity (Wildman–Crippen MR) is 154 cm³/mol. The molecule has 0 radical (unpaired) electrons. The average Bonchev–Trinajstić information content (AvgIpc) is 2.91. The molecule has 2 aliphatic rings. The van der Waals surface area contributed by atoms with Gasteiger partial charge in [-0.2, -0.15) is 0 Å². The van der Waals surface area contributed by atoms with Crippen LogP contribution in [0.15, 0.2) is 48.8 Å². The van der Waals surface area contributed by atoms with Crippen LogP contribution in [0, 0.1) is 13.8 Å². The van der Waals surface area contributed by atoms with E-state index in [-0.39, 0.29) is 11.4 Å². The Morgan fingerprint density at radius 1 is 1.00 bits per heavy atom. The summed E-state index contributed by atoms with van der Waals surface area (Å²) in [7, 11) is 0. The van der Waals surface area contributed by atoms with Crippen molar-refractivity contribution in [1.82, 2.24) is 19.7 Å². The third kappa shape index (κ3) is 5.16. The quantitative estimate of drug-likeness (QED) is 0.438. The lowest BCUT2D eigenvalue weighted by atomic mass is 9.86. The van der Waals surface area contributed by atoms with Gasteiger partial charge in [0.2, 0.25) is 0 Å². The molecule has 0 unspecified atom stereocenters. The van der Waals surface area contributed by atoms with E-state index in [4.69, 9.17) is 4.74 Å². The minimum Gasteiger partial charge on any atom is -0.493 e. The number of hydrogen-bond acceptors (Lipinski definition) is 5. The van der Waals surface area contributed by atoms with E-state index in [0.29, 0.717) is 12.6 Å². The molecule has 2 aromatic carbocycles. The second-order valence-electron chi connectivity index (χ2n) is 11.4. The van der Waals surface area contributed by atoms with Crippen molar-refractivity contribution in [3.63, 3.8) is 0 Å². The third-order valence-corrected chi connectivity index (χ3v) is 8.84. The molecular weight excluding hydrogens is 472 g/mol. The van der Waals surface area contributed by atoms with Crippen molar-refractivity contribution in [1.29, 1.82) is 0 Å². The number of rotatable bonds is 6. The van der Waals surface area contributed by atoms with Gasteiger partial charge in [0.05, 0.1) is 6.61 Å². The van der Waals surface area contributed by atoms with Gasteiger partial charge < -0.3 is 9.64 Å². The minimum absolute atomic E-state index is 0.130. The first-order valence-electron chi connectivity index (χ1n) is 14.1. The second-order valence-corrected chi connectivity index (χ2v) is 11.4. The molecule has 6 nitrogen and oxygen atoms in total. The Morgan fingerprint density at radius 3 is 2.34 bits per heavy atom. The molecule has 202 valence electrons. The number of nitrogens with zero attached hydrogens (tertiary/aromatic N) is 4. The highest BCUT2D eigenvalue weighted by molar-refractivity contribution is 5.97. The number of benzene rings is 2. The first-order chi connectivity index (χ1) is 18.3. The Bertz CT molecular complexity index is 1280. The van der Waals surface area contributed by atoms with Crippen molar-refractivity contribution in [2.24, 2.45) is 0 Å². The Kier molecular flexibility index (Phi) is 7.73. The number of carbonyl (C=O) groups is 1. The van der Waals surface area contributed by atoms with Gasteiger partial charge in [0.1, 0.15) is 5.75 Å². The maximum Gasteiger partial charge on any atom is 0.254 e. The SMILES string of the molecule is CCOc1ccc(CN2CCN(C3(C)CCN(C(=O)c4c(C)cncc4C)CC3)C[C@@H]2C)c2ccccc12. The van der Waals surface area contributed by atoms with Gasteiger partial charge >= 0.3 is 0 Å². The van der Waals surface area contributed by atoms with E-state index in [2.05, 4.69) is 65.0 Å². The number of pyridine rings is 1. The van der Waals surface area contributed by atoms with Gasteiger partial charge in [-0.15, -0.1) is 0 Å². The summed E-state index contributed by atoms with van der Waals surface area (Å²) in [6.07, 6.45) is 5.62. The molecule has 5 rings (SSSR count). The van der Waals surface area contributed by atoms with E-state index >= 15 is 0 Å². The molecule has 0 aliphatic carbocycles. The Labute approximate surface area is 227 Å². The highest BCUT2D eigenvalue weighted by Crippen LogP contribution is 2.33. The van der Waals surface area contributed by atoms with Crippen molar-refractivity contribution in [2.45, 2.75) is 65.6 Å². The van der Waals surface area contributed by atoms with Crippen LogP contribution in [0.2, 0.25) is 0 Å². The number of aryl methyl sites for hydroxylation is 2. The third-order valence-electron chi connectivity index (χ3n) is 8.84. The zero-order valence-electron chi connectivity index (χ0n) is 23.7. The van der Waals surface area contributed by atoms with E-state index < -0.39 is 0 Å². The molecular formula is C32H42N4O2. The van der Waals surface area contributed by atoms with Gasteiger partial charge in [0.25, 0.3) is 5.91 Å². The number of likely N-dealkylation sites (tertiary alicyclic amines) is 1. The summed E-state index contributed by atoms with van der Waals surface area (Å²) >= 11 is 0. The van der Waals surface area contributed by atoms with Gasteiger partial charge in [0.15, 0.2) is 0 Å². The summed E-state index contributed by atoms with van der Waals surface area (Å²) in [5, 5.41) is 2.49. The number of aromatic nitrogens is 1. The van der Waals surface area contributed by atoms with Crippen LogP contribution >= 0.6 is 0 Å². The lowest BCUT2D eigenvalue weighted by Gasteiger charge is -2.51. The van der Waals surface area contributed by atoms with Crippen molar-refractivity contribution in [3.05, 3.63) is 71.0 Å². The maximum atomic E-state index is 13.3. The van der Waals surface area contributed by atoms with Crippen LogP contribution in [0.3, 0.4) is 0 Å². The van der Waals surface area contributed by atoms with Gasteiger partial charge in [-0.3, -0.25) is 19.6 Å². The number of piperazine rings is 1. The summed E-state index contributed by atoms with van der Waals surface area (Å²) in [6.45, 7) is 17.2. The maximum absolute atomic E-state index is 13.3. The molecule has 38 heavy (non-hydrogen) atoms. The zero-order valence-corrected chi connectivity index (χ0v) is 23.7. The molecule has 1 aromatic heterocycles. The Hall–Kier alpha value is -2.96. The normalized spacial score (nSPS) is 20.6. The first-order valence-corrected chi connectivity index (χ1v) is 14.1. The first kappa shape index (κ1) is 26.6. The summed E-state index contributed by atoms with van der Waals surface area (Å²) in [5.74, 6) is 1.13. The van der Waals surface area contributed by atoms with Gasteiger partial charge in [-0.05, 0) is 75.6 Å². The molecule has 0 spiro atoms. The van der Waals surface area contributed by atoms with E-state index in [0.717, 1.165) is 74.6 Å². The summed E-state index contributed by atoms with van der Waals surface area (Å²) in [6, 6.07) is 13.4. The summed E-state index contributed by atoms with van der Waals surface area (Å²) in [5.41, 5.74) is 4.25. The van der Waals surface area contributed by atoms with Crippen LogP contribution in [0.1, 0.15) is 60.7 Å². The number of amides is 1. The van der Waals surface area contributed by atoms with E-state index in [1.807, 2.05) is 25.7 Å². The summed E-state index contributed by atoms with van der Waals surface area (Å²) in [4.78, 5) is 24.9. The lowest BCUT2D eigenvalue weighted by molar-refractivity contribution is -0.0191. The number of carbonyl (C=O) groups excluding carboxylic acids is 1. The lowest BCUT2D eigenvalue weighted by Crippen LogP contribution is -2.61. The second kappa shape index (κ2) is 11.0. The smallest absolute Gasteiger partial charge is 0.254 e. The van der Waals surface area contributed by atoms with Crippen LogP contribution in [0.5, 0.6) is 5.75 Å². The van der Waals surface area contributed by atoms with Crippen LogP contribution < -0.4 is 4.74 Å². The van der Waals surface area contributed by atoms with E-state index in [1.54, 1.807) is 12.4 Å². The number of piperidine rings is 1. The van der Waals surface area contributed by atoms with Crippen LogP contribution in [0.4, 0.5) is 0 Å². The topological polar surface area (TPSA) is 48.9 Å². The van der Waals surface area contributed by atoms with Crippen molar-refractivity contribution < 1.29 is 9.53 Å². The number of hydrogen-bond donors (Lipinski definition) is 0. The molecule has 2 fully saturated rings. The molecule has 0 saturated carbocycles. The van der Waals surface area contributed by atoms with Crippen LogP contribution in [-0.2, 0) is 6.54 Å². The van der Waals surface area contributed by atoms with Crippen molar-refractivity contribution in [3.8, 4) is 5.75 Å². The average molecular weight is 515 g/mol. The number of ether oxygens (including phenoxy) is 1. The van der Waals surface area contributed by atoms with E-state index in [9.17, 15) is 4.79 Å². The molecule has 2 saturated heterocycles. The highest BCUT2D eigenvalue weighted by Gasteiger charge is 2.40. The molecule has 2 aliphatic heterocycles. The monoisotopic (exact) mass is 514 g/mol. The fourth-order valence-corrected chi connectivity index (χ4v) is 6.40. The molecule has 1 atom stereocenters. The van der Waals surface area contributed by atoms with E-state index in [1.165, 1.54) is 16.3 Å². The molecule has 0 N–H and O–H groups in total. The fourth-order valence-electron chi connectivity index (χ4n) is 6.40. The molecule has 3 aromatic rings. The zero-order chi connectivity index (χ0) is 26.9. The van der Waals surface area contributed by atoms with Crippen LogP contribution in [0.25, 0.3) is 10.8 Å². The Balaban J connectivity index is 1.22. The number of fused-ring (bicyclic) bond motifs is 1. The largest absolute Gasteiger partial charge is 0.493 e. The van der Waals surface area contributed by atoms with Gasteiger partial charge in [0, 0.05) is 74.2 Å². The standard InChI is InChI=1S/C32H42N4O2/c1-6-38-29-12-11-26(27-9-7-8-10-28(27)29)22-35-17-18-36(21-25(35)4)32(5)13-15-34(16-14-32)31(37)30-23(2)19-33-20-24(30)3/h7-12,19-20,25H,6,13-18,21-22H2,1-5H3/t25-/m0/s1. The minimum atomic E-state index is 0.130. The van der Waals surface area contributed by atoms with Gasteiger partial charge in [-0.25, -0.2) is 0 Å². The van der Waals surface area contributed by atoms with Crippen molar-refractivity contribution in [2.75, 3.05) is 39.3 Å². The van der Waals surface area contributed by atoms with Gasteiger partial charge in [-0.1, -0.05) is 30.3 Å². The summed E-state index contributed by atoms with van der Waals surface area (Å²) < 4.78 is 5.89. The molecule has 0 bridgehead atoms. The Morgan fingerprint density at radius 2 is 1.68 bits per heavy atom. The predicted octanol–water partition coefficient (Wildman–Crippen LogP) is 5.45.